The second-order valence-electron chi connectivity index (χ2n) is 4.72. The van der Waals surface area contributed by atoms with Gasteiger partial charge in [0.2, 0.25) is 0 Å². The third-order valence-corrected chi connectivity index (χ3v) is 3.12. The Hall–Kier alpha value is -1.87. The predicted octanol–water partition coefficient (Wildman–Crippen LogP) is 2.78. The average Bonchev–Trinajstić information content (AvgIpc) is 2.42. The molecule has 2 N–H and O–H groups in total. The van der Waals surface area contributed by atoms with Crippen LogP contribution in [-0.4, -0.2) is 11.6 Å². The van der Waals surface area contributed by atoms with Crippen molar-refractivity contribution >= 4 is 0 Å². The van der Waals surface area contributed by atoms with Crippen LogP contribution in [0.5, 0.6) is 5.75 Å². The van der Waals surface area contributed by atoms with Crippen molar-refractivity contribution in [3.05, 3.63) is 58.9 Å². The molecule has 0 aliphatic carbocycles. The highest BCUT2D eigenvalue weighted by Gasteiger charge is 2.06. The van der Waals surface area contributed by atoms with Crippen LogP contribution in [-0.2, 0) is 13.0 Å². The first-order chi connectivity index (χ1) is 9.20. The summed E-state index contributed by atoms with van der Waals surface area (Å²) in [6.45, 7) is 5.35. The van der Waals surface area contributed by atoms with E-state index in [4.69, 9.17) is 10.5 Å². The number of pyridine rings is 1. The first-order valence-electron chi connectivity index (χ1n) is 6.52. The maximum Gasteiger partial charge on any atom is 0.125 e. The van der Waals surface area contributed by atoms with Crippen molar-refractivity contribution in [2.45, 2.75) is 26.8 Å². The number of ether oxygens (including phenoxy) is 1. The molecule has 100 valence electrons. The number of hydrogen-bond donors (Lipinski definition) is 1. The predicted molar refractivity (Wildman–Crippen MR) is 77.2 cm³/mol. The molecule has 1 aromatic carbocycles. The Kier molecular flexibility index (Phi) is 4.53. The molecule has 3 heteroatoms. The van der Waals surface area contributed by atoms with Gasteiger partial charge in [0, 0.05) is 25.4 Å². The van der Waals surface area contributed by atoms with Gasteiger partial charge in [0.05, 0.1) is 6.61 Å². The molecule has 0 aliphatic heterocycles. The van der Waals surface area contributed by atoms with Gasteiger partial charge in [0.15, 0.2) is 0 Å². The fourth-order valence-corrected chi connectivity index (χ4v) is 2.20. The van der Waals surface area contributed by atoms with Gasteiger partial charge in [-0.2, -0.15) is 0 Å². The monoisotopic (exact) mass is 256 g/mol. The normalized spacial score (nSPS) is 10.5. The smallest absolute Gasteiger partial charge is 0.125 e. The molecule has 0 unspecified atom stereocenters. The van der Waals surface area contributed by atoms with E-state index in [1.165, 1.54) is 5.56 Å². The van der Waals surface area contributed by atoms with Crippen LogP contribution < -0.4 is 10.5 Å². The van der Waals surface area contributed by atoms with E-state index in [1.54, 1.807) is 6.20 Å². The lowest BCUT2D eigenvalue weighted by Crippen LogP contribution is -2.05. The van der Waals surface area contributed by atoms with E-state index in [0.29, 0.717) is 13.2 Å². The van der Waals surface area contributed by atoms with Crippen molar-refractivity contribution in [3.63, 3.8) is 0 Å². The van der Waals surface area contributed by atoms with Crippen molar-refractivity contribution in [2.75, 3.05) is 6.61 Å². The third kappa shape index (κ3) is 3.55. The lowest BCUT2D eigenvalue weighted by Gasteiger charge is -2.13. The van der Waals surface area contributed by atoms with Gasteiger partial charge in [0.25, 0.3) is 0 Å². The van der Waals surface area contributed by atoms with Gasteiger partial charge in [-0.25, -0.2) is 0 Å². The van der Waals surface area contributed by atoms with Crippen molar-refractivity contribution in [1.29, 1.82) is 0 Å². The topological polar surface area (TPSA) is 48.1 Å². The van der Waals surface area contributed by atoms with Crippen LogP contribution in [0.3, 0.4) is 0 Å². The molecule has 0 aliphatic rings. The van der Waals surface area contributed by atoms with E-state index in [9.17, 15) is 0 Å². The van der Waals surface area contributed by atoms with Crippen LogP contribution in [0.2, 0.25) is 0 Å². The van der Waals surface area contributed by atoms with Crippen molar-refractivity contribution in [1.82, 2.24) is 4.98 Å². The van der Waals surface area contributed by atoms with E-state index in [-0.39, 0.29) is 0 Å². The minimum atomic E-state index is 0.567. The van der Waals surface area contributed by atoms with Crippen molar-refractivity contribution < 1.29 is 4.74 Å². The molecule has 0 radical (unpaired) electrons. The van der Waals surface area contributed by atoms with Crippen LogP contribution in [0.25, 0.3) is 0 Å². The molecular weight excluding hydrogens is 236 g/mol. The summed E-state index contributed by atoms with van der Waals surface area (Å²) in [5, 5.41) is 0. The molecule has 0 fully saturated rings. The SMILES string of the molecule is Cc1cc(CN)cc(C)c1OCCc1cccnc1. The maximum atomic E-state index is 5.90. The van der Waals surface area contributed by atoms with E-state index in [2.05, 4.69) is 37.0 Å². The summed E-state index contributed by atoms with van der Waals surface area (Å²) in [6.07, 6.45) is 4.52. The maximum absolute atomic E-state index is 5.90. The molecule has 3 nitrogen and oxygen atoms in total. The number of rotatable bonds is 5. The molecule has 19 heavy (non-hydrogen) atoms. The second kappa shape index (κ2) is 6.34. The van der Waals surface area contributed by atoms with Gasteiger partial charge in [0.1, 0.15) is 5.75 Å². The fourth-order valence-electron chi connectivity index (χ4n) is 2.20. The number of aromatic nitrogens is 1. The van der Waals surface area contributed by atoms with E-state index < -0.39 is 0 Å². The summed E-state index contributed by atoms with van der Waals surface area (Å²) < 4.78 is 5.90. The van der Waals surface area contributed by atoms with Crippen LogP contribution in [0.1, 0.15) is 22.3 Å². The molecule has 1 aromatic heterocycles. The third-order valence-electron chi connectivity index (χ3n) is 3.12. The number of hydrogen-bond acceptors (Lipinski definition) is 3. The van der Waals surface area contributed by atoms with Gasteiger partial charge in [-0.3, -0.25) is 4.98 Å². The summed E-state index contributed by atoms with van der Waals surface area (Å²) in [6, 6.07) is 8.19. The second-order valence-corrected chi connectivity index (χ2v) is 4.72. The fraction of sp³-hybridized carbons (Fsp3) is 0.312. The Morgan fingerprint density at radius 1 is 1.16 bits per heavy atom. The standard InChI is InChI=1S/C16H20N2O/c1-12-8-15(10-17)9-13(2)16(12)19-7-5-14-4-3-6-18-11-14/h3-4,6,8-9,11H,5,7,10,17H2,1-2H3. The van der Waals surface area contributed by atoms with Gasteiger partial charge in [-0.05, 0) is 42.2 Å². The van der Waals surface area contributed by atoms with Gasteiger partial charge in [-0.1, -0.05) is 18.2 Å². The van der Waals surface area contributed by atoms with E-state index in [0.717, 1.165) is 28.9 Å². The number of benzene rings is 1. The summed E-state index contributed by atoms with van der Waals surface area (Å²) in [5.74, 6) is 0.973. The van der Waals surface area contributed by atoms with Crippen molar-refractivity contribution in [2.24, 2.45) is 5.73 Å². The largest absolute Gasteiger partial charge is 0.493 e. The number of nitrogens with two attached hydrogens (primary N) is 1. The molecule has 0 atom stereocenters. The molecule has 2 rings (SSSR count). The van der Waals surface area contributed by atoms with E-state index in [1.807, 2.05) is 12.3 Å². The number of nitrogens with zero attached hydrogens (tertiary/aromatic N) is 1. The van der Waals surface area contributed by atoms with Gasteiger partial charge >= 0.3 is 0 Å². The zero-order valence-corrected chi connectivity index (χ0v) is 11.5. The molecule has 0 spiro atoms. The highest BCUT2D eigenvalue weighted by Crippen LogP contribution is 2.24. The lowest BCUT2D eigenvalue weighted by molar-refractivity contribution is 0.317. The zero-order valence-electron chi connectivity index (χ0n) is 11.5. The van der Waals surface area contributed by atoms with Gasteiger partial charge < -0.3 is 10.5 Å². The molecule has 2 aromatic rings. The molecule has 0 saturated carbocycles. The van der Waals surface area contributed by atoms with Crippen LogP contribution in [0.4, 0.5) is 0 Å². The first-order valence-corrected chi connectivity index (χ1v) is 6.52. The number of aryl methyl sites for hydroxylation is 2. The Labute approximate surface area is 114 Å². The molecule has 1 heterocycles. The Morgan fingerprint density at radius 3 is 2.47 bits per heavy atom. The molecule has 0 bridgehead atoms. The van der Waals surface area contributed by atoms with Crippen LogP contribution >= 0.6 is 0 Å². The molecule has 0 saturated heterocycles. The minimum absolute atomic E-state index is 0.567. The zero-order chi connectivity index (χ0) is 13.7. The minimum Gasteiger partial charge on any atom is -0.493 e. The lowest BCUT2D eigenvalue weighted by atomic mass is 10.1. The summed E-state index contributed by atoms with van der Waals surface area (Å²) in [4.78, 5) is 4.10. The van der Waals surface area contributed by atoms with E-state index >= 15 is 0 Å². The summed E-state index contributed by atoms with van der Waals surface area (Å²) in [7, 11) is 0. The quantitative estimate of drug-likeness (QED) is 0.895. The Bertz CT molecular complexity index is 515. The Balaban J connectivity index is 2.00. The summed E-state index contributed by atoms with van der Waals surface area (Å²) >= 11 is 0. The first kappa shape index (κ1) is 13.6. The molecular formula is C16H20N2O. The molecule has 0 amide bonds. The van der Waals surface area contributed by atoms with Crippen LogP contribution in [0.15, 0.2) is 36.7 Å². The Morgan fingerprint density at radius 2 is 1.89 bits per heavy atom. The average molecular weight is 256 g/mol. The highest BCUT2D eigenvalue weighted by atomic mass is 16.5. The summed E-state index contributed by atoms with van der Waals surface area (Å²) in [5.41, 5.74) is 10.3. The van der Waals surface area contributed by atoms with Gasteiger partial charge in [-0.15, -0.1) is 0 Å². The highest BCUT2D eigenvalue weighted by molar-refractivity contribution is 5.43. The van der Waals surface area contributed by atoms with Crippen molar-refractivity contribution in [3.8, 4) is 5.75 Å². The van der Waals surface area contributed by atoms with Crippen LogP contribution in [0, 0.1) is 13.8 Å².